The van der Waals surface area contributed by atoms with E-state index in [0.717, 1.165) is 26.9 Å². The predicted octanol–water partition coefficient (Wildman–Crippen LogP) is 3.46. The van der Waals surface area contributed by atoms with Crippen LogP contribution in [0, 0.1) is 12.7 Å². The molecule has 2 aromatic carbocycles. The summed E-state index contributed by atoms with van der Waals surface area (Å²) in [6.07, 6.45) is 0. The molecule has 2 rings (SSSR count). The highest BCUT2D eigenvalue weighted by molar-refractivity contribution is 9.10. The van der Waals surface area contributed by atoms with Gasteiger partial charge in [0.1, 0.15) is 11.6 Å². The molecule has 0 amide bonds. The zero-order chi connectivity index (χ0) is 14.7. The van der Waals surface area contributed by atoms with Crippen LogP contribution in [0.3, 0.4) is 0 Å². The van der Waals surface area contributed by atoms with E-state index in [1.165, 1.54) is 12.1 Å². The van der Waals surface area contributed by atoms with Gasteiger partial charge in [0.05, 0.1) is 17.6 Å². The van der Waals surface area contributed by atoms with E-state index < -0.39 is 0 Å². The third kappa shape index (κ3) is 3.17. The third-order valence-electron chi connectivity index (χ3n) is 3.07. The number of benzene rings is 2. The number of methoxy groups -OCH3 is 1. The Hall–Kier alpha value is -1.43. The van der Waals surface area contributed by atoms with Crippen molar-refractivity contribution in [1.29, 1.82) is 0 Å². The number of hydrogen-bond acceptors (Lipinski definition) is 3. The Morgan fingerprint density at radius 1 is 1.20 bits per heavy atom. The number of hydrazine groups is 1. The fraction of sp³-hybridized carbons (Fsp3) is 0.200. The summed E-state index contributed by atoms with van der Waals surface area (Å²) in [6.45, 7) is 1.85. The first kappa shape index (κ1) is 15.0. The lowest BCUT2D eigenvalue weighted by molar-refractivity contribution is 0.411. The molecule has 0 heterocycles. The normalized spacial score (nSPS) is 12.2. The van der Waals surface area contributed by atoms with Crippen LogP contribution in [0.2, 0.25) is 0 Å². The summed E-state index contributed by atoms with van der Waals surface area (Å²) >= 11 is 3.44. The van der Waals surface area contributed by atoms with E-state index in [9.17, 15) is 4.39 Å². The van der Waals surface area contributed by atoms with Gasteiger partial charge in [0.15, 0.2) is 0 Å². The number of halogens is 2. The molecule has 0 bridgehead atoms. The fourth-order valence-corrected chi connectivity index (χ4v) is 2.74. The Labute approximate surface area is 126 Å². The van der Waals surface area contributed by atoms with Crippen LogP contribution in [0.4, 0.5) is 4.39 Å². The number of hydrogen-bond donors (Lipinski definition) is 2. The summed E-state index contributed by atoms with van der Waals surface area (Å²) in [5, 5.41) is 0. The molecule has 20 heavy (non-hydrogen) atoms. The largest absolute Gasteiger partial charge is 0.496 e. The molecule has 2 aromatic rings. The van der Waals surface area contributed by atoms with Gasteiger partial charge in [-0.25, -0.2) is 9.82 Å². The Morgan fingerprint density at radius 2 is 1.95 bits per heavy atom. The Kier molecular flexibility index (Phi) is 4.75. The average Bonchev–Trinajstić information content (AvgIpc) is 2.38. The van der Waals surface area contributed by atoms with Gasteiger partial charge in [0.2, 0.25) is 0 Å². The van der Waals surface area contributed by atoms with Crippen LogP contribution in [0.25, 0.3) is 0 Å². The molecule has 3 N–H and O–H groups in total. The topological polar surface area (TPSA) is 47.3 Å². The second-order valence-corrected chi connectivity index (χ2v) is 5.41. The molecule has 0 saturated heterocycles. The maximum Gasteiger partial charge on any atom is 0.133 e. The zero-order valence-electron chi connectivity index (χ0n) is 11.3. The van der Waals surface area contributed by atoms with Gasteiger partial charge in [-0.1, -0.05) is 12.1 Å². The maximum absolute atomic E-state index is 13.5. The molecule has 106 valence electrons. The van der Waals surface area contributed by atoms with Crippen molar-refractivity contribution in [3.05, 3.63) is 63.4 Å². The monoisotopic (exact) mass is 338 g/mol. The number of aryl methyl sites for hydroxylation is 1. The van der Waals surface area contributed by atoms with Crippen LogP contribution in [0.5, 0.6) is 5.75 Å². The number of ether oxygens (including phenoxy) is 1. The number of rotatable bonds is 4. The third-order valence-corrected chi connectivity index (χ3v) is 3.69. The first-order valence-corrected chi connectivity index (χ1v) is 6.91. The molecule has 0 spiro atoms. The molecule has 3 nitrogen and oxygen atoms in total. The Morgan fingerprint density at radius 3 is 2.50 bits per heavy atom. The highest BCUT2D eigenvalue weighted by Crippen LogP contribution is 2.30. The molecular formula is C15H16BrFN2O. The van der Waals surface area contributed by atoms with E-state index >= 15 is 0 Å². The van der Waals surface area contributed by atoms with Gasteiger partial charge in [-0.3, -0.25) is 5.84 Å². The highest BCUT2D eigenvalue weighted by atomic mass is 79.9. The number of nitrogens with two attached hydrogens (primary N) is 1. The van der Waals surface area contributed by atoms with E-state index in [1.807, 2.05) is 31.2 Å². The van der Waals surface area contributed by atoms with Gasteiger partial charge in [0, 0.05) is 0 Å². The van der Waals surface area contributed by atoms with Gasteiger partial charge in [-0.05, 0) is 63.8 Å². The van der Waals surface area contributed by atoms with Crippen molar-refractivity contribution in [3.63, 3.8) is 0 Å². The molecule has 5 heteroatoms. The number of nitrogens with one attached hydrogen (secondary N) is 1. The molecule has 0 aliphatic carbocycles. The Bertz CT molecular complexity index is 599. The second kappa shape index (κ2) is 6.35. The molecule has 0 radical (unpaired) electrons. The lowest BCUT2D eigenvalue weighted by Crippen LogP contribution is -2.29. The van der Waals surface area contributed by atoms with E-state index in [-0.39, 0.29) is 11.9 Å². The van der Waals surface area contributed by atoms with Crippen LogP contribution in [0.15, 0.2) is 40.9 Å². The minimum atomic E-state index is -0.286. The van der Waals surface area contributed by atoms with Crippen LogP contribution >= 0.6 is 15.9 Å². The van der Waals surface area contributed by atoms with Gasteiger partial charge in [-0.15, -0.1) is 0 Å². The first-order valence-electron chi connectivity index (χ1n) is 6.12. The first-order chi connectivity index (χ1) is 9.55. The SMILES string of the molecule is COc1ccc(C(NN)c2cc(C)cc(F)c2)cc1Br. The molecule has 1 unspecified atom stereocenters. The van der Waals surface area contributed by atoms with Crippen molar-refractivity contribution < 1.29 is 9.13 Å². The van der Waals surface area contributed by atoms with Gasteiger partial charge < -0.3 is 4.74 Å². The van der Waals surface area contributed by atoms with E-state index in [0.29, 0.717) is 0 Å². The summed E-state index contributed by atoms with van der Waals surface area (Å²) in [6, 6.07) is 10.2. The quantitative estimate of drug-likeness (QED) is 0.663. The van der Waals surface area contributed by atoms with Crippen molar-refractivity contribution in [3.8, 4) is 5.75 Å². The summed E-state index contributed by atoms with van der Waals surface area (Å²) in [5.74, 6) is 6.10. The minimum Gasteiger partial charge on any atom is -0.496 e. The molecule has 0 fully saturated rings. The molecule has 1 atom stereocenters. The standard InChI is InChI=1S/C15H16BrFN2O/c1-9-5-11(7-12(17)6-9)15(19-18)10-3-4-14(20-2)13(16)8-10/h3-8,15,19H,18H2,1-2H3. The van der Waals surface area contributed by atoms with Crippen LogP contribution < -0.4 is 16.0 Å². The van der Waals surface area contributed by atoms with Crippen molar-refractivity contribution >= 4 is 15.9 Å². The van der Waals surface area contributed by atoms with Gasteiger partial charge in [0.25, 0.3) is 0 Å². The minimum absolute atomic E-state index is 0.271. The van der Waals surface area contributed by atoms with Crippen molar-refractivity contribution in [2.75, 3.05) is 7.11 Å². The summed E-state index contributed by atoms with van der Waals surface area (Å²) in [4.78, 5) is 0. The molecule has 0 aromatic heterocycles. The summed E-state index contributed by atoms with van der Waals surface area (Å²) in [7, 11) is 1.61. The lowest BCUT2D eigenvalue weighted by Gasteiger charge is -2.18. The Balaban J connectivity index is 2.44. The predicted molar refractivity (Wildman–Crippen MR) is 81.0 cm³/mol. The van der Waals surface area contributed by atoms with Crippen LogP contribution in [-0.4, -0.2) is 7.11 Å². The summed E-state index contributed by atoms with van der Waals surface area (Å²) < 4.78 is 19.6. The van der Waals surface area contributed by atoms with E-state index in [4.69, 9.17) is 10.6 Å². The van der Waals surface area contributed by atoms with Crippen molar-refractivity contribution in [1.82, 2.24) is 5.43 Å². The smallest absolute Gasteiger partial charge is 0.133 e. The molecular weight excluding hydrogens is 323 g/mol. The van der Waals surface area contributed by atoms with Gasteiger partial charge in [-0.2, -0.15) is 0 Å². The fourth-order valence-electron chi connectivity index (χ4n) is 2.18. The zero-order valence-corrected chi connectivity index (χ0v) is 12.9. The maximum atomic E-state index is 13.5. The van der Waals surface area contributed by atoms with E-state index in [1.54, 1.807) is 7.11 Å². The van der Waals surface area contributed by atoms with Crippen LogP contribution in [0.1, 0.15) is 22.7 Å². The van der Waals surface area contributed by atoms with Crippen molar-refractivity contribution in [2.24, 2.45) is 5.84 Å². The molecule has 0 saturated carbocycles. The average molecular weight is 339 g/mol. The van der Waals surface area contributed by atoms with Gasteiger partial charge >= 0.3 is 0 Å². The highest BCUT2D eigenvalue weighted by Gasteiger charge is 2.15. The lowest BCUT2D eigenvalue weighted by atomic mass is 9.97. The molecule has 0 aliphatic heterocycles. The van der Waals surface area contributed by atoms with Crippen LogP contribution in [-0.2, 0) is 0 Å². The molecule has 0 aliphatic rings. The van der Waals surface area contributed by atoms with E-state index in [2.05, 4.69) is 21.4 Å². The van der Waals surface area contributed by atoms with Crippen molar-refractivity contribution in [2.45, 2.75) is 13.0 Å². The summed E-state index contributed by atoms with van der Waals surface area (Å²) in [5.41, 5.74) is 5.28. The second-order valence-electron chi connectivity index (χ2n) is 4.56.